The third kappa shape index (κ3) is 4.62. The van der Waals surface area contributed by atoms with Gasteiger partial charge < -0.3 is 18.9 Å². The van der Waals surface area contributed by atoms with Crippen molar-refractivity contribution >= 4 is 11.9 Å². The Morgan fingerprint density at radius 3 is 2.58 bits per heavy atom. The number of morpholine rings is 1. The van der Waals surface area contributed by atoms with E-state index >= 15 is 0 Å². The fourth-order valence-corrected chi connectivity index (χ4v) is 4.63. The number of rotatable bonds is 6. The minimum absolute atomic E-state index is 0.0869. The van der Waals surface area contributed by atoms with Crippen LogP contribution in [0.25, 0.3) is 6.08 Å². The summed E-state index contributed by atoms with van der Waals surface area (Å²) in [5.74, 6) is 2.48. The largest absolute Gasteiger partial charge is 0.497 e. The van der Waals surface area contributed by atoms with Crippen LogP contribution in [0.3, 0.4) is 0 Å². The number of allylic oxidation sites excluding steroid dienone is 1. The molecule has 33 heavy (non-hydrogen) atoms. The highest BCUT2D eigenvalue weighted by molar-refractivity contribution is 6.15. The van der Waals surface area contributed by atoms with E-state index in [1.165, 1.54) is 0 Å². The Labute approximate surface area is 194 Å². The first-order chi connectivity index (χ1) is 16.1. The molecule has 3 heterocycles. The smallest absolute Gasteiger partial charge is 0.231 e. The Morgan fingerprint density at radius 1 is 1.06 bits per heavy atom. The molecule has 0 aliphatic carbocycles. The van der Waals surface area contributed by atoms with E-state index in [0.717, 1.165) is 80.5 Å². The monoisotopic (exact) mass is 450 g/mol. The van der Waals surface area contributed by atoms with Gasteiger partial charge in [0.15, 0.2) is 5.76 Å². The van der Waals surface area contributed by atoms with Crippen molar-refractivity contribution in [2.24, 2.45) is 0 Å². The summed E-state index contributed by atoms with van der Waals surface area (Å²) >= 11 is 0. The van der Waals surface area contributed by atoms with Crippen LogP contribution in [0.1, 0.15) is 33.5 Å². The molecular weight excluding hydrogens is 420 g/mol. The normalized spacial score (nSPS) is 19.7. The van der Waals surface area contributed by atoms with Crippen molar-refractivity contribution in [1.82, 2.24) is 9.80 Å². The summed E-state index contributed by atoms with van der Waals surface area (Å²) in [7, 11) is 1.63. The van der Waals surface area contributed by atoms with Crippen LogP contribution in [0.4, 0.5) is 0 Å². The molecule has 0 radical (unpaired) electrons. The van der Waals surface area contributed by atoms with E-state index in [-0.39, 0.29) is 5.78 Å². The number of hydrogen-bond donors (Lipinski definition) is 0. The molecule has 0 atom stereocenters. The summed E-state index contributed by atoms with van der Waals surface area (Å²) < 4.78 is 22.7. The fourth-order valence-electron chi connectivity index (χ4n) is 4.63. The molecule has 7 nitrogen and oxygen atoms in total. The molecule has 3 aliphatic rings. The fraction of sp³-hybridized carbons (Fsp3) is 0.423. The third-order valence-electron chi connectivity index (χ3n) is 6.47. The van der Waals surface area contributed by atoms with E-state index in [1.54, 1.807) is 13.2 Å². The van der Waals surface area contributed by atoms with Gasteiger partial charge in [-0.15, -0.1) is 0 Å². The van der Waals surface area contributed by atoms with Crippen LogP contribution in [-0.2, 0) is 11.3 Å². The summed E-state index contributed by atoms with van der Waals surface area (Å²) in [5.41, 5.74) is 3.44. The molecule has 0 amide bonds. The molecule has 0 N–H and O–H groups in total. The molecule has 2 aromatic rings. The summed E-state index contributed by atoms with van der Waals surface area (Å²) in [6, 6.07) is 9.49. The molecule has 7 heteroatoms. The second-order valence-corrected chi connectivity index (χ2v) is 8.71. The van der Waals surface area contributed by atoms with E-state index in [2.05, 4.69) is 9.80 Å². The number of carbonyl (C=O) groups is 1. The first kappa shape index (κ1) is 21.9. The molecule has 2 aromatic carbocycles. The zero-order chi connectivity index (χ0) is 22.8. The van der Waals surface area contributed by atoms with E-state index in [1.807, 2.05) is 37.3 Å². The first-order valence-corrected chi connectivity index (χ1v) is 11.5. The number of Topliss-reactive ketones (excluding diaryl/α,β-unsaturated/α-hetero) is 1. The van der Waals surface area contributed by atoms with E-state index in [9.17, 15) is 4.79 Å². The average Bonchev–Trinajstić information content (AvgIpc) is 3.16. The van der Waals surface area contributed by atoms with Gasteiger partial charge in [-0.2, -0.15) is 0 Å². The molecule has 174 valence electrons. The Hall–Kier alpha value is -2.87. The average molecular weight is 451 g/mol. The molecule has 0 unspecified atom stereocenters. The lowest BCUT2D eigenvalue weighted by Gasteiger charge is -2.31. The topological polar surface area (TPSA) is 60.5 Å². The zero-order valence-electron chi connectivity index (χ0n) is 19.3. The number of hydrogen-bond acceptors (Lipinski definition) is 7. The molecule has 3 aliphatic heterocycles. The number of nitrogens with zero attached hydrogens (tertiary/aromatic N) is 2. The number of fused-ring (bicyclic) bond motifs is 2. The van der Waals surface area contributed by atoms with Crippen LogP contribution in [0, 0.1) is 6.92 Å². The van der Waals surface area contributed by atoms with Gasteiger partial charge in [0.2, 0.25) is 5.78 Å². The predicted molar refractivity (Wildman–Crippen MR) is 125 cm³/mol. The van der Waals surface area contributed by atoms with Crippen LogP contribution >= 0.6 is 0 Å². The van der Waals surface area contributed by atoms with Gasteiger partial charge in [-0.05, 0) is 49.7 Å². The van der Waals surface area contributed by atoms with E-state index in [4.69, 9.17) is 18.9 Å². The van der Waals surface area contributed by atoms with Crippen LogP contribution in [-0.4, -0.2) is 68.8 Å². The number of methoxy groups -OCH3 is 1. The van der Waals surface area contributed by atoms with Crippen molar-refractivity contribution in [2.45, 2.75) is 19.9 Å². The molecule has 1 fully saturated rings. The highest BCUT2D eigenvalue weighted by Gasteiger charge is 2.33. The van der Waals surface area contributed by atoms with Crippen molar-refractivity contribution in [1.29, 1.82) is 0 Å². The first-order valence-electron chi connectivity index (χ1n) is 11.5. The van der Waals surface area contributed by atoms with Crippen LogP contribution in [0.15, 0.2) is 36.1 Å². The molecule has 0 spiro atoms. The Morgan fingerprint density at radius 2 is 1.82 bits per heavy atom. The van der Waals surface area contributed by atoms with Gasteiger partial charge in [-0.1, -0.05) is 12.1 Å². The van der Waals surface area contributed by atoms with Crippen LogP contribution < -0.4 is 14.2 Å². The molecule has 0 saturated carbocycles. The number of ether oxygens (including phenoxy) is 4. The molecular formula is C26H30N2O5. The minimum Gasteiger partial charge on any atom is -0.497 e. The zero-order valence-corrected chi connectivity index (χ0v) is 19.3. The molecule has 1 saturated heterocycles. The number of benzene rings is 2. The summed E-state index contributed by atoms with van der Waals surface area (Å²) in [6.07, 6.45) is 2.86. The van der Waals surface area contributed by atoms with Crippen LogP contribution in [0.5, 0.6) is 17.2 Å². The van der Waals surface area contributed by atoms with Gasteiger partial charge in [-0.25, -0.2) is 0 Å². The van der Waals surface area contributed by atoms with E-state index in [0.29, 0.717) is 23.8 Å². The maximum absolute atomic E-state index is 13.1. The van der Waals surface area contributed by atoms with Crippen molar-refractivity contribution in [3.63, 3.8) is 0 Å². The summed E-state index contributed by atoms with van der Waals surface area (Å²) in [4.78, 5) is 17.8. The maximum Gasteiger partial charge on any atom is 0.231 e. The van der Waals surface area contributed by atoms with Crippen molar-refractivity contribution < 1.29 is 23.7 Å². The summed E-state index contributed by atoms with van der Waals surface area (Å²) in [5, 5.41) is 0. The van der Waals surface area contributed by atoms with Crippen molar-refractivity contribution in [3.8, 4) is 17.2 Å². The second-order valence-electron chi connectivity index (χ2n) is 8.71. The Kier molecular flexibility index (Phi) is 6.35. The van der Waals surface area contributed by atoms with Gasteiger partial charge in [0, 0.05) is 37.3 Å². The predicted octanol–water partition coefficient (Wildman–Crippen LogP) is 3.49. The quantitative estimate of drug-likeness (QED) is 0.625. The Balaban J connectivity index is 1.28. The van der Waals surface area contributed by atoms with Gasteiger partial charge in [0.25, 0.3) is 0 Å². The van der Waals surface area contributed by atoms with Crippen molar-refractivity contribution in [2.75, 3.05) is 53.2 Å². The molecule has 0 bridgehead atoms. The van der Waals surface area contributed by atoms with Crippen LogP contribution in [0.2, 0.25) is 0 Å². The number of carbonyl (C=O) groups excluding carboxylic acids is 1. The van der Waals surface area contributed by atoms with Gasteiger partial charge in [0.05, 0.1) is 25.9 Å². The van der Waals surface area contributed by atoms with E-state index < -0.39 is 0 Å². The lowest BCUT2D eigenvalue weighted by atomic mass is 10.00. The van der Waals surface area contributed by atoms with Gasteiger partial charge in [-0.3, -0.25) is 14.6 Å². The van der Waals surface area contributed by atoms with Gasteiger partial charge >= 0.3 is 0 Å². The third-order valence-corrected chi connectivity index (χ3v) is 6.47. The number of ketones is 1. The molecule has 0 aromatic heterocycles. The highest BCUT2D eigenvalue weighted by Crippen LogP contribution is 2.43. The maximum atomic E-state index is 13.1. The summed E-state index contributed by atoms with van der Waals surface area (Å²) in [6.45, 7) is 9.01. The SMILES string of the molecule is COc1ccc(/C=C2/Oc3c(cc4c(c3C)OCN(CCCN3CCOCC3)C4)C2=O)cc1. The minimum atomic E-state index is -0.0869. The Bertz CT molecular complexity index is 1060. The van der Waals surface area contributed by atoms with Crippen molar-refractivity contribution in [3.05, 3.63) is 58.3 Å². The lowest BCUT2D eigenvalue weighted by molar-refractivity contribution is 0.0329. The molecule has 5 rings (SSSR count). The van der Waals surface area contributed by atoms with Gasteiger partial charge in [0.1, 0.15) is 24.0 Å². The highest BCUT2D eigenvalue weighted by atomic mass is 16.5. The lowest BCUT2D eigenvalue weighted by Crippen LogP contribution is -2.39. The second kappa shape index (κ2) is 9.55. The standard InChI is InChI=1S/C26H30N2O5/c1-18-25-20(16-28(17-32-25)9-3-8-27-10-12-31-13-11-27)15-22-24(29)23(33-26(18)22)14-19-4-6-21(30-2)7-5-19/h4-7,14-15H,3,8-13,16-17H2,1-2H3/b23-14+.